The standard InChI is InChI=1S/C14H23N3/c1-4-11-6-5-7-12-13(11)16-14-15-9(2)8-10(3)17(12)14/h9-11H,4-8H2,1-3H3,(H,15,16). The number of imidazole rings is 1. The molecule has 0 bridgehead atoms. The van der Waals surface area contributed by atoms with E-state index in [2.05, 4.69) is 30.7 Å². The van der Waals surface area contributed by atoms with Crippen molar-refractivity contribution in [2.75, 3.05) is 5.32 Å². The normalized spacial score (nSPS) is 31.6. The second kappa shape index (κ2) is 4.04. The van der Waals surface area contributed by atoms with Gasteiger partial charge in [0.05, 0.1) is 5.69 Å². The van der Waals surface area contributed by atoms with Gasteiger partial charge in [0.1, 0.15) is 0 Å². The molecule has 0 spiro atoms. The molecule has 0 aromatic carbocycles. The van der Waals surface area contributed by atoms with Crippen molar-refractivity contribution in [1.82, 2.24) is 9.55 Å². The zero-order valence-electron chi connectivity index (χ0n) is 11.2. The SMILES string of the molecule is CCC1CCCc2c1nc1n2C(C)CC(C)N1. The van der Waals surface area contributed by atoms with Gasteiger partial charge in [-0.2, -0.15) is 0 Å². The smallest absolute Gasteiger partial charge is 0.203 e. The molecule has 94 valence electrons. The van der Waals surface area contributed by atoms with Gasteiger partial charge < -0.3 is 9.88 Å². The molecule has 0 fully saturated rings. The van der Waals surface area contributed by atoms with Crippen molar-refractivity contribution in [1.29, 1.82) is 0 Å². The van der Waals surface area contributed by atoms with Gasteiger partial charge in [0.2, 0.25) is 5.95 Å². The fourth-order valence-electron chi connectivity index (χ4n) is 3.58. The molecule has 1 aromatic heterocycles. The second-order valence-corrected chi connectivity index (χ2v) is 5.76. The molecular formula is C14H23N3. The number of anilines is 1. The van der Waals surface area contributed by atoms with Crippen molar-refractivity contribution >= 4 is 5.95 Å². The maximum absolute atomic E-state index is 4.90. The van der Waals surface area contributed by atoms with E-state index in [0.29, 0.717) is 18.0 Å². The van der Waals surface area contributed by atoms with Crippen LogP contribution in [0.5, 0.6) is 0 Å². The van der Waals surface area contributed by atoms with Gasteiger partial charge in [-0.15, -0.1) is 0 Å². The van der Waals surface area contributed by atoms with Crippen molar-refractivity contribution in [3.8, 4) is 0 Å². The van der Waals surface area contributed by atoms with Crippen molar-refractivity contribution < 1.29 is 0 Å². The third-order valence-electron chi connectivity index (χ3n) is 4.40. The van der Waals surface area contributed by atoms with Crippen LogP contribution in [0.4, 0.5) is 5.95 Å². The van der Waals surface area contributed by atoms with Crippen LogP contribution < -0.4 is 5.32 Å². The van der Waals surface area contributed by atoms with E-state index in [0.717, 1.165) is 5.95 Å². The number of hydrogen-bond donors (Lipinski definition) is 1. The lowest BCUT2D eigenvalue weighted by Crippen LogP contribution is -2.29. The summed E-state index contributed by atoms with van der Waals surface area (Å²) in [6.07, 6.45) is 6.32. The molecule has 1 N–H and O–H groups in total. The van der Waals surface area contributed by atoms with Crippen LogP contribution in [0, 0.1) is 0 Å². The largest absolute Gasteiger partial charge is 0.353 e. The zero-order chi connectivity index (χ0) is 12.0. The zero-order valence-corrected chi connectivity index (χ0v) is 11.2. The molecule has 3 nitrogen and oxygen atoms in total. The average Bonchev–Trinajstić information content (AvgIpc) is 2.66. The van der Waals surface area contributed by atoms with Gasteiger partial charge in [0.25, 0.3) is 0 Å². The minimum Gasteiger partial charge on any atom is -0.353 e. The first-order valence-corrected chi connectivity index (χ1v) is 7.08. The van der Waals surface area contributed by atoms with Gasteiger partial charge in [-0.25, -0.2) is 4.98 Å². The highest BCUT2D eigenvalue weighted by molar-refractivity contribution is 5.40. The molecule has 2 heterocycles. The molecule has 0 amide bonds. The second-order valence-electron chi connectivity index (χ2n) is 5.76. The highest BCUT2D eigenvalue weighted by Crippen LogP contribution is 2.39. The van der Waals surface area contributed by atoms with Crippen LogP contribution in [0.3, 0.4) is 0 Å². The van der Waals surface area contributed by atoms with Gasteiger partial charge in [0.15, 0.2) is 0 Å². The van der Waals surface area contributed by atoms with Gasteiger partial charge in [-0.05, 0) is 46.0 Å². The summed E-state index contributed by atoms with van der Waals surface area (Å²) in [6, 6.07) is 1.16. The molecule has 1 aliphatic heterocycles. The molecule has 3 rings (SSSR count). The van der Waals surface area contributed by atoms with E-state index < -0.39 is 0 Å². The Balaban J connectivity index is 2.07. The van der Waals surface area contributed by atoms with Crippen molar-refractivity contribution in [2.24, 2.45) is 0 Å². The summed E-state index contributed by atoms with van der Waals surface area (Å²) < 4.78 is 2.47. The van der Waals surface area contributed by atoms with E-state index in [9.17, 15) is 0 Å². The van der Waals surface area contributed by atoms with Crippen LogP contribution in [-0.2, 0) is 6.42 Å². The number of fused-ring (bicyclic) bond motifs is 3. The molecular weight excluding hydrogens is 210 g/mol. The molecule has 3 heteroatoms. The van der Waals surface area contributed by atoms with Gasteiger partial charge in [-0.1, -0.05) is 6.92 Å². The molecule has 17 heavy (non-hydrogen) atoms. The molecule has 3 unspecified atom stereocenters. The van der Waals surface area contributed by atoms with Gasteiger partial charge in [0, 0.05) is 23.7 Å². The summed E-state index contributed by atoms with van der Waals surface area (Å²) in [5.41, 5.74) is 2.91. The first kappa shape index (κ1) is 11.1. The summed E-state index contributed by atoms with van der Waals surface area (Å²) in [5.74, 6) is 1.82. The Morgan fingerprint density at radius 2 is 2.24 bits per heavy atom. The maximum Gasteiger partial charge on any atom is 0.203 e. The third kappa shape index (κ3) is 1.67. The Hall–Kier alpha value is -0.990. The van der Waals surface area contributed by atoms with Gasteiger partial charge >= 0.3 is 0 Å². The lowest BCUT2D eigenvalue weighted by atomic mass is 9.88. The molecule has 0 saturated carbocycles. The highest BCUT2D eigenvalue weighted by atomic mass is 15.3. The lowest BCUT2D eigenvalue weighted by molar-refractivity contribution is 0.426. The van der Waals surface area contributed by atoms with Crippen molar-refractivity contribution in [3.05, 3.63) is 11.4 Å². The summed E-state index contributed by atoms with van der Waals surface area (Å²) >= 11 is 0. The van der Waals surface area contributed by atoms with Crippen LogP contribution in [-0.4, -0.2) is 15.6 Å². The molecule has 1 aliphatic carbocycles. The molecule has 2 aliphatic rings. The van der Waals surface area contributed by atoms with E-state index in [1.165, 1.54) is 43.5 Å². The van der Waals surface area contributed by atoms with Crippen LogP contribution in [0.1, 0.15) is 69.8 Å². The molecule has 0 radical (unpaired) electrons. The van der Waals surface area contributed by atoms with Crippen molar-refractivity contribution in [3.63, 3.8) is 0 Å². The molecule has 0 saturated heterocycles. The Kier molecular flexibility index (Phi) is 2.64. The van der Waals surface area contributed by atoms with E-state index in [4.69, 9.17) is 4.98 Å². The van der Waals surface area contributed by atoms with Crippen LogP contribution in [0.2, 0.25) is 0 Å². The van der Waals surface area contributed by atoms with Crippen LogP contribution in [0.25, 0.3) is 0 Å². The van der Waals surface area contributed by atoms with Gasteiger partial charge in [-0.3, -0.25) is 0 Å². The molecule has 1 aromatic rings. The lowest BCUT2D eigenvalue weighted by Gasteiger charge is -2.30. The number of hydrogen-bond acceptors (Lipinski definition) is 2. The third-order valence-corrected chi connectivity index (χ3v) is 4.40. The monoisotopic (exact) mass is 233 g/mol. The number of nitrogens with zero attached hydrogens (tertiary/aromatic N) is 2. The van der Waals surface area contributed by atoms with E-state index in [-0.39, 0.29) is 0 Å². The first-order chi connectivity index (χ1) is 8.20. The topological polar surface area (TPSA) is 29.9 Å². The van der Waals surface area contributed by atoms with E-state index in [1.807, 2.05) is 0 Å². The summed E-state index contributed by atoms with van der Waals surface area (Å²) in [6.45, 7) is 6.88. The Morgan fingerprint density at radius 3 is 3.00 bits per heavy atom. The fourth-order valence-corrected chi connectivity index (χ4v) is 3.58. The summed E-state index contributed by atoms with van der Waals surface area (Å²) in [4.78, 5) is 4.90. The Labute approximate surface area is 104 Å². The molecule has 3 atom stereocenters. The van der Waals surface area contributed by atoms with Crippen LogP contribution in [0.15, 0.2) is 0 Å². The maximum atomic E-state index is 4.90. The fraction of sp³-hybridized carbons (Fsp3) is 0.786. The minimum atomic E-state index is 0.557. The Bertz CT molecular complexity index is 421. The quantitative estimate of drug-likeness (QED) is 0.805. The predicted molar refractivity (Wildman–Crippen MR) is 70.6 cm³/mol. The van der Waals surface area contributed by atoms with Crippen molar-refractivity contribution in [2.45, 2.75) is 70.9 Å². The Morgan fingerprint density at radius 1 is 1.41 bits per heavy atom. The summed E-state index contributed by atoms with van der Waals surface area (Å²) in [5, 5.41) is 3.54. The number of rotatable bonds is 1. The average molecular weight is 233 g/mol. The van der Waals surface area contributed by atoms with E-state index in [1.54, 1.807) is 0 Å². The first-order valence-electron chi connectivity index (χ1n) is 7.08. The number of nitrogens with one attached hydrogen (secondary N) is 1. The minimum absolute atomic E-state index is 0.557. The van der Waals surface area contributed by atoms with E-state index >= 15 is 0 Å². The highest BCUT2D eigenvalue weighted by Gasteiger charge is 2.31. The number of aromatic nitrogens is 2. The van der Waals surface area contributed by atoms with Crippen LogP contribution >= 0.6 is 0 Å². The predicted octanol–water partition coefficient (Wildman–Crippen LogP) is 3.48. The summed E-state index contributed by atoms with van der Waals surface area (Å²) in [7, 11) is 0.